The average molecular weight is 291 g/mol. The Balaban J connectivity index is 1.62. The van der Waals surface area contributed by atoms with Gasteiger partial charge in [-0.15, -0.1) is 0 Å². The van der Waals surface area contributed by atoms with Crippen LogP contribution in [0.2, 0.25) is 0 Å². The largest absolute Gasteiger partial charge is 0.493 e. The lowest BCUT2D eigenvalue weighted by molar-refractivity contribution is -0.128. The molecule has 1 aromatic rings. The third kappa shape index (κ3) is 3.13. The molecule has 0 saturated carbocycles. The quantitative estimate of drug-likeness (QED) is 0.918. The van der Waals surface area contributed by atoms with Crippen LogP contribution in [0.4, 0.5) is 0 Å². The van der Waals surface area contributed by atoms with Gasteiger partial charge in [0.2, 0.25) is 5.91 Å². The number of methoxy groups -OCH3 is 1. The topological polar surface area (TPSA) is 56.8 Å². The van der Waals surface area contributed by atoms with E-state index in [1.165, 1.54) is 0 Å². The van der Waals surface area contributed by atoms with Crippen molar-refractivity contribution in [2.45, 2.75) is 25.3 Å². The number of fused-ring (bicyclic) bond motifs is 1. The Kier molecular flexibility index (Phi) is 4.29. The summed E-state index contributed by atoms with van der Waals surface area (Å²) in [7, 11) is 1.64. The first-order valence-electron chi connectivity index (χ1n) is 7.44. The standard InChI is InChI=1S/C16H21NO4/c1-19-14-4-2-3-12-9-13(10-21-15(12)14)17-16(18)11-5-7-20-8-6-11/h2-4,11,13H,5-10H2,1H3,(H,17,18). The highest BCUT2D eigenvalue weighted by atomic mass is 16.5. The van der Waals surface area contributed by atoms with Gasteiger partial charge in [-0.1, -0.05) is 12.1 Å². The van der Waals surface area contributed by atoms with Crippen molar-refractivity contribution in [2.75, 3.05) is 26.9 Å². The Labute approximate surface area is 124 Å². The van der Waals surface area contributed by atoms with Crippen molar-refractivity contribution >= 4 is 5.91 Å². The molecule has 1 unspecified atom stereocenters. The number of nitrogens with one attached hydrogen (secondary N) is 1. The molecule has 1 atom stereocenters. The molecule has 1 N–H and O–H groups in total. The molecule has 5 heteroatoms. The first-order valence-corrected chi connectivity index (χ1v) is 7.44. The van der Waals surface area contributed by atoms with E-state index in [2.05, 4.69) is 5.32 Å². The average Bonchev–Trinajstić information content (AvgIpc) is 2.54. The van der Waals surface area contributed by atoms with Crippen molar-refractivity contribution in [3.05, 3.63) is 23.8 Å². The zero-order valence-electron chi connectivity index (χ0n) is 12.3. The number of para-hydroxylation sites is 1. The first-order chi connectivity index (χ1) is 10.3. The van der Waals surface area contributed by atoms with Crippen LogP contribution in [-0.2, 0) is 16.0 Å². The van der Waals surface area contributed by atoms with E-state index in [0.29, 0.717) is 19.8 Å². The Morgan fingerprint density at radius 2 is 2.14 bits per heavy atom. The van der Waals surface area contributed by atoms with Gasteiger partial charge < -0.3 is 19.5 Å². The van der Waals surface area contributed by atoms with E-state index in [-0.39, 0.29) is 17.9 Å². The minimum Gasteiger partial charge on any atom is -0.493 e. The second kappa shape index (κ2) is 6.35. The van der Waals surface area contributed by atoms with E-state index in [0.717, 1.165) is 36.3 Å². The lowest BCUT2D eigenvalue weighted by atomic mass is 9.97. The molecule has 21 heavy (non-hydrogen) atoms. The van der Waals surface area contributed by atoms with Crippen molar-refractivity contribution in [3.63, 3.8) is 0 Å². The fourth-order valence-electron chi connectivity index (χ4n) is 2.93. The molecule has 1 aromatic carbocycles. The second-order valence-electron chi connectivity index (χ2n) is 5.56. The number of rotatable bonds is 3. The van der Waals surface area contributed by atoms with Gasteiger partial charge in [-0.05, 0) is 25.3 Å². The van der Waals surface area contributed by atoms with Crippen LogP contribution in [0.3, 0.4) is 0 Å². The fourth-order valence-corrected chi connectivity index (χ4v) is 2.93. The molecule has 0 bridgehead atoms. The van der Waals surface area contributed by atoms with Crippen LogP contribution in [0.15, 0.2) is 18.2 Å². The molecule has 3 rings (SSSR count). The van der Waals surface area contributed by atoms with E-state index < -0.39 is 0 Å². The zero-order chi connectivity index (χ0) is 14.7. The van der Waals surface area contributed by atoms with Crippen LogP contribution in [0.1, 0.15) is 18.4 Å². The highest BCUT2D eigenvalue weighted by molar-refractivity contribution is 5.79. The summed E-state index contributed by atoms with van der Waals surface area (Å²) in [4.78, 5) is 12.3. The van der Waals surface area contributed by atoms with E-state index in [1.807, 2.05) is 18.2 Å². The van der Waals surface area contributed by atoms with Gasteiger partial charge in [-0.25, -0.2) is 0 Å². The SMILES string of the molecule is COc1cccc2c1OCC(NC(=O)C1CCOCC1)C2. The van der Waals surface area contributed by atoms with Gasteiger partial charge in [0, 0.05) is 24.7 Å². The van der Waals surface area contributed by atoms with Crippen molar-refractivity contribution in [3.8, 4) is 11.5 Å². The smallest absolute Gasteiger partial charge is 0.223 e. The Morgan fingerprint density at radius 1 is 1.33 bits per heavy atom. The molecule has 0 spiro atoms. The molecule has 0 aliphatic carbocycles. The summed E-state index contributed by atoms with van der Waals surface area (Å²) in [6.45, 7) is 1.85. The molecule has 0 radical (unpaired) electrons. The van der Waals surface area contributed by atoms with Crippen LogP contribution in [0, 0.1) is 5.92 Å². The summed E-state index contributed by atoms with van der Waals surface area (Å²) in [6, 6.07) is 5.88. The van der Waals surface area contributed by atoms with Crippen LogP contribution in [0.25, 0.3) is 0 Å². The zero-order valence-corrected chi connectivity index (χ0v) is 12.3. The van der Waals surface area contributed by atoms with Crippen molar-refractivity contribution in [2.24, 2.45) is 5.92 Å². The third-order valence-electron chi connectivity index (χ3n) is 4.11. The Bertz CT molecular complexity index is 511. The Hall–Kier alpha value is -1.75. The van der Waals surface area contributed by atoms with Gasteiger partial charge >= 0.3 is 0 Å². The van der Waals surface area contributed by atoms with Crippen molar-refractivity contribution in [1.82, 2.24) is 5.32 Å². The summed E-state index contributed by atoms with van der Waals surface area (Å²) in [5.41, 5.74) is 1.08. The summed E-state index contributed by atoms with van der Waals surface area (Å²) < 4.78 is 16.4. The molecule has 2 heterocycles. The number of hydrogen-bond acceptors (Lipinski definition) is 4. The number of hydrogen-bond donors (Lipinski definition) is 1. The summed E-state index contributed by atoms with van der Waals surface area (Å²) in [6.07, 6.45) is 2.40. The first kappa shape index (κ1) is 14.2. The molecular formula is C16H21NO4. The molecule has 1 saturated heterocycles. The fraction of sp³-hybridized carbons (Fsp3) is 0.562. The molecule has 114 valence electrons. The van der Waals surface area contributed by atoms with Crippen molar-refractivity contribution < 1.29 is 19.0 Å². The predicted molar refractivity (Wildman–Crippen MR) is 77.7 cm³/mol. The maximum atomic E-state index is 12.3. The molecule has 1 amide bonds. The Morgan fingerprint density at radius 3 is 2.90 bits per heavy atom. The van der Waals surface area contributed by atoms with E-state index in [4.69, 9.17) is 14.2 Å². The minimum absolute atomic E-state index is 0.0277. The number of carbonyl (C=O) groups excluding carboxylic acids is 1. The van der Waals surface area contributed by atoms with E-state index in [1.54, 1.807) is 7.11 Å². The molecule has 0 aromatic heterocycles. The van der Waals surface area contributed by atoms with Gasteiger partial charge in [-0.2, -0.15) is 0 Å². The van der Waals surface area contributed by atoms with Gasteiger partial charge in [0.1, 0.15) is 6.61 Å². The van der Waals surface area contributed by atoms with Gasteiger partial charge in [0.25, 0.3) is 0 Å². The molecule has 1 fully saturated rings. The minimum atomic E-state index is 0.0277. The molecule has 5 nitrogen and oxygen atoms in total. The van der Waals surface area contributed by atoms with Gasteiger partial charge in [0.05, 0.1) is 13.2 Å². The van der Waals surface area contributed by atoms with Crippen LogP contribution in [0.5, 0.6) is 11.5 Å². The molecule has 2 aliphatic rings. The van der Waals surface area contributed by atoms with E-state index >= 15 is 0 Å². The summed E-state index contributed by atoms with van der Waals surface area (Å²) in [5, 5.41) is 3.11. The maximum absolute atomic E-state index is 12.3. The van der Waals surface area contributed by atoms with Gasteiger partial charge in [0.15, 0.2) is 11.5 Å². The number of carbonyl (C=O) groups is 1. The third-order valence-corrected chi connectivity index (χ3v) is 4.11. The monoisotopic (exact) mass is 291 g/mol. The predicted octanol–water partition coefficient (Wildman–Crippen LogP) is 1.54. The van der Waals surface area contributed by atoms with Crippen LogP contribution in [-0.4, -0.2) is 38.9 Å². The number of amides is 1. The van der Waals surface area contributed by atoms with Crippen molar-refractivity contribution in [1.29, 1.82) is 0 Å². The number of ether oxygens (including phenoxy) is 3. The highest BCUT2D eigenvalue weighted by Crippen LogP contribution is 2.34. The molecule has 2 aliphatic heterocycles. The lowest BCUT2D eigenvalue weighted by Gasteiger charge is -2.29. The normalized spacial score (nSPS) is 22.0. The maximum Gasteiger partial charge on any atom is 0.223 e. The van der Waals surface area contributed by atoms with Crippen LogP contribution < -0.4 is 14.8 Å². The summed E-state index contributed by atoms with van der Waals surface area (Å²) >= 11 is 0. The second-order valence-corrected chi connectivity index (χ2v) is 5.56. The van der Waals surface area contributed by atoms with E-state index in [9.17, 15) is 4.79 Å². The highest BCUT2D eigenvalue weighted by Gasteiger charge is 2.27. The van der Waals surface area contributed by atoms with Crippen LogP contribution >= 0.6 is 0 Å². The molecular weight excluding hydrogens is 270 g/mol. The number of benzene rings is 1. The van der Waals surface area contributed by atoms with Gasteiger partial charge in [-0.3, -0.25) is 4.79 Å². The summed E-state index contributed by atoms with van der Waals surface area (Å²) in [5.74, 6) is 1.75. The lowest BCUT2D eigenvalue weighted by Crippen LogP contribution is -2.46.